The molecule has 1 fully saturated rings. The molecule has 1 unspecified atom stereocenters. The summed E-state index contributed by atoms with van der Waals surface area (Å²) in [4.78, 5) is 19.4. The monoisotopic (exact) mass is 406 g/mol. The molecule has 2 aromatic carbocycles. The SMILES string of the molecule is Cn1c(C2CCN(C(=O)NCC3COc4ccccc4O3)CC2)nc2ccccc21. The molecule has 3 aromatic rings. The molecule has 0 aliphatic carbocycles. The van der Waals surface area contributed by atoms with Crippen LogP contribution in [-0.4, -0.2) is 52.8 Å². The maximum atomic E-state index is 12.6. The van der Waals surface area contributed by atoms with Gasteiger partial charge in [-0.25, -0.2) is 9.78 Å². The van der Waals surface area contributed by atoms with Crippen LogP contribution in [0.25, 0.3) is 11.0 Å². The highest BCUT2D eigenvalue weighted by Gasteiger charge is 2.28. The summed E-state index contributed by atoms with van der Waals surface area (Å²) in [5.74, 6) is 2.97. The summed E-state index contributed by atoms with van der Waals surface area (Å²) in [6.45, 7) is 2.32. The highest BCUT2D eigenvalue weighted by atomic mass is 16.6. The summed E-state index contributed by atoms with van der Waals surface area (Å²) in [7, 11) is 2.08. The molecular weight excluding hydrogens is 380 g/mol. The van der Waals surface area contributed by atoms with Gasteiger partial charge in [0.05, 0.1) is 17.6 Å². The van der Waals surface area contributed by atoms with Crippen LogP contribution in [0.5, 0.6) is 11.5 Å². The Hall–Kier alpha value is -3.22. The number of fused-ring (bicyclic) bond motifs is 2. The number of para-hydroxylation sites is 4. The number of aromatic nitrogens is 2. The van der Waals surface area contributed by atoms with E-state index in [1.165, 1.54) is 0 Å². The molecule has 1 atom stereocenters. The minimum Gasteiger partial charge on any atom is -0.486 e. The van der Waals surface area contributed by atoms with E-state index in [1.807, 2.05) is 41.3 Å². The van der Waals surface area contributed by atoms with Crippen molar-refractivity contribution in [3.8, 4) is 11.5 Å². The zero-order valence-electron chi connectivity index (χ0n) is 17.1. The third-order valence-corrected chi connectivity index (χ3v) is 6.02. The molecular formula is C23H26N4O3. The molecule has 7 nitrogen and oxygen atoms in total. The Labute approximate surface area is 175 Å². The number of ether oxygens (including phenoxy) is 2. The second-order valence-corrected chi connectivity index (χ2v) is 7.96. The zero-order chi connectivity index (χ0) is 20.5. The van der Waals surface area contributed by atoms with Gasteiger partial charge in [0.1, 0.15) is 12.4 Å². The van der Waals surface area contributed by atoms with Gasteiger partial charge >= 0.3 is 6.03 Å². The van der Waals surface area contributed by atoms with Crippen LogP contribution in [0.4, 0.5) is 4.79 Å². The van der Waals surface area contributed by atoms with Gasteiger partial charge in [-0.2, -0.15) is 0 Å². The molecule has 2 aliphatic rings. The van der Waals surface area contributed by atoms with Crippen molar-refractivity contribution in [1.29, 1.82) is 0 Å². The van der Waals surface area contributed by atoms with Crippen molar-refractivity contribution in [2.75, 3.05) is 26.2 Å². The second kappa shape index (κ2) is 7.89. The standard InChI is InChI=1S/C23H26N4O3/c1-26-19-7-3-2-6-18(19)25-22(26)16-10-12-27(13-11-16)23(28)24-14-17-15-29-20-8-4-5-9-21(20)30-17/h2-9,16-17H,10-15H2,1H3,(H,24,28). The van der Waals surface area contributed by atoms with Crippen LogP contribution in [0.2, 0.25) is 0 Å². The molecule has 7 heteroatoms. The first kappa shape index (κ1) is 18.8. The first-order chi connectivity index (χ1) is 14.7. The average molecular weight is 406 g/mol. The number of hydrogen-bond donors (Lipinski definition) is 1. The molecule has 0 saturated carbocycles. The van der Waals surface area contributed by atoms with Crippen LogP contribution >= 0.6 is 0 Å². The Morgan fingerprint density at radius 3 is 2.63 bits per heavy atom. The van der Waals surface area contributed by atoms with E-state index in [-0.39, 0.29) is 12.1 Å². The number of nitrogens with one attached hydrogen (secondary N) is 1. The average Bonchev–Trinajstić information content (AvgIpc) is 3.14. The molecule has 5 rings (SSSR count). The van der Waals surface area contributed by atoms with E-state index in [4.69, 9.17) is 14.5 Å². The van der Waals surface area contributed by atoms with Gasteiger partial charge in [-0.05, 0) is 37.1 Å². The molecule has 0 bridgehead atoms. The number of rotatable bonds is 3. The van der Waals surface area contributed by atoms with Gasteiger partial charge in [0.25, 0.3) is 0 Å². The smallest absolute Gasteiger partial charge is 0.317 e. The molecule has 2 amide bonds. The van der Waals surface area contributed by atoms with E-state index in [0.717, 1.165) is 54.3 Å². The lowest BCUT2D eigenvalue weighted by Crippen LogP contribution is -2.48. The van der Waals surface area contributed by atoms with Gasteiger partial charge in [0.2, 0.25) is 0 Å². The third kappa shape index (κ3) is 3.56. The topological polar surface area (TPSA) is 68.6 Å². The number of imidazole rings is 1. The summed E-state index contributed by atoms with van der Waals surface area (Å²) < 4.78 is 13.8. The van der Waals surface area contributed by atoms with Crippen LogP contribution in [0.1, 0.15) is 24.6 Å². The fraction of sp³-hybridized carbons (Fsp3) is 0.391. The number of aryl methyl sites for hydroxylation is 1. The van der Waals surface area contributed by atoms with Crippen molar-refractivity contribution in [1.82, 2.24) is 19.8 Å². The molecule has 0 spiro atoms. The van der Waals surface area contributed by atoms with Crippen LogP contribution in [0.15, 0.2) is 48.5 Å². The summed E-state index contributed by atoms with van der Waals surface area (Å²) in [5, 5.41) is 3.00. The first-order valence-corrected chi connectivity index (χ1v) is 10.5. The zero-order valence-corrected chi connectivity index (χ0v) is 17.1. The highest BCUT2D eigenvalue weighted by Crippen LogP contribution is 2.31. The molecule has 0 radical (unpaired) electrons. The van der Waals surface area contributed by atoms with Crippen LogP contribution in [0.3, 0.4) is 0 Å². The fourth-order valence-electron chi connectivity index (χ4n) is 4.35. The van der Waals surface area contributed by atoms with Crippen LogP contribution in [0, 0.1) is 0 Å². The lowest BCUT2D eigenvalue weighted by Gasteiger charge is -2.32. The van der Waals surface area contributed by atoms with Crippen molar-refractivity contribution in [2.24, 2.45) is 7.05 Å². The Morgan fingerprint density at radius 1 is 1.10 bits per heavy atom. The molecule has 2 aliphatic heterocycles. The van der Waals surface area contributed by atoms with Gasteiger partial charge < -0.3 is 24.3 Å². The quantitative estimate of drug-likeness (QED) is 0.725. The Bertz CT molecular complexity index is 1060. The summed E-state index contributed by atoms with van der Waals surface area (Å²) in [6.07, 6.45) is 1.66. The molecule has 3 heterocycles. The summed E-state index contributed by atoms with van der Waals surface area (Å²) >= 11 is 0. The highest BCUT2D eigenvalue weighted by molar-refractivity contribution is 5.76. The van der Waals surface area contributed by atoms with E-state index < -0.39 is 0 Å². The van der Waals surface area contributed by atoms with Gasteiger partial charge in [0, 0.05) is 26.1 Å². The van der Waals surface area contributed by atoms with E-state index in [2.05, 4.69) is 29.1 Å². The van der Waals surface area contributed by atoms with Gasteiger partial charge in [0.15, 0.2) is 17.6 Å². The first-order valence-electron chi connectivity index (χ1n) is 10.5. The fourth-order valence-corrected chi connectivity index (χ4v) is 4.35. The number of benzene rings is 2. The number of hydrogen-bond acceptors (Lipinski definition) is 4. The minimum absolute atomic E-state index is 0.0408. The number of piperidine rings is 1. The van der Waals surface area contributed by atoms with E-state index in [1.54, 1.807) is 0 Å². The lowest BCUT2D eigenvalue weighted by molar-refractivity contribution is 0.0895. The van der Waals surface area contributed by atoms with Gasteiger partial charge in [-0.3, -0.25) is 0 Å². The normalized spacial score (nSPS) is 19.1. The molecule has 1 N–H and O–H groups in total. The number of carbonyl (C=O) groups is 1. The Morgan fingerprint density at radius 2 is 1.83 bits per heavy atom. The van der Waals surface area contributed by atoms with Gasteiger partial charge in [-0.15, -0.1) is 0 Å². The Balaban J connectivity index is 1.14. The molecule has 156 valence electrons. The molecule has 30 heavy (non-hydrogen) atoms. The number of nitrogens with zero attached hydrogens (tertiary/aromatic N) is 3. The predicted octanol–water partition coefficient (Wildman–Crippen LogP) is 3.30. The second-order valence-electron chi connectivity index (χ2n) is 7.96. The lowest BCUT2D eigenvalue weighted by atomic mass is 9.96. The van der Waals surface area contributed by atoms with E-state index >= 15 is 0 Å². The van der Waals surface area contributed by atoms with Crippen LogP contribution < -0.4 is 14.8 Å². The molecule has 1 aromatic heterocycles. The van der Waals surface area contributed by atoms with E-state index in [0.29, 0.717) is 19.1 Å². The number of likely N-dealkylation sites (tertiary alicyclic amines) is 1. The molecule has 1 saturated heterocycles. The summed E-state index contributed by atoms with van der Waals surface area (Å²) in [6, 6.07) is 15.8. The Kier molecular flexibility index (Phi) is 4.94. The number of amides is 2. The van der Waals surface area contributed by atoms with Crippen molar-refractivity contribution >= 4 is 17.1 Å². The summed E-state index contributed by atoms with van der Waals surface area (Å²) in [5.41, 5.74) is 2.19. The third-order valence-electron chi connectivity index (χ3n) is 6.02. The van der Waals surface area contributed by atoms with Gasteiger partial charge in [-0.1, -0.05) is 24.3 Å². The maximum Gasteiger partial charge on any atom is 0.317 e. The van der Waals surface area contributed by atoms with E-state index in [9.17, 15) is 4.79 Å². The number of urea groups is 1. The minimum atomic E-state index is -0.179. The van der Waals surface area contributed by atoms with Crippen molar-refractivity contribution < 1.29 is 14.3 Å². The largest absolute Gasteiger partial charge is 0.486 e. The van der Waals surface area contributed by atoms with Crippen LogP contribution in [-0.2, 0) is 7.05 Å². The maximum absolute atomic E-state index is 12.6. The predicted molar refractivity (Wildman–Crippen MR) is 114 cm³/mol. The van der Waals surface area contributed by atoms with Crippen molar-refractivity contribution in [3.05, 3.63) is 54.4 Å². The van der Waals surface area contributed by atoms with Crippen molar-refractivity contribution in [2.45, 2.75) is 24.9 Å². The number of carbonyl (C=O) groups excluding carboxylic acids is 1. The van der Waals surface area contributed by atoms with Crippen molar-refractivity contribution in [3.63, 3.8) is 0 Å².